The lowest BCUT2D eigenvalue weighted by atomic mass is 9.65. The van der Waals surface area contributed by atoms with Gasteiger partial charge in [-0.2, -0.15) is 0 Å². The number of carbonyl (C=O) groups excluding carboxylic acids is 2. The fraction of sp³-hybridized carbons (Fsp3) is 0.562. The molecule has 2 aromatic rings. The summed E-state index contributed by atoms with van der Waals surface area (Å²) in [6, 6.07) is 16.3. The Bertz CT molecular complexity index is 1140. The number of piperazine rings is 1. The maximum absolute atomic E-state index is 13.0. The van der Waals surface area contributed by atoms with E-state index in [0.717, 1.165) is 82.4 Å². The molecule has 1 saturated carbocycles. The quantitative estimate of drug-likeness (QED) is 0.413. The summed E-state index contributed by atoms with van der Waals surface area (Å²) in [5.41, 5.74) is 3.11. The third-order valence-electron chi connectivity index (χ3n) is 9.18. The molecule has 6 nitrogen and oxygen atoms in total. The Morgan fingerprint density at radius 3 is 2.46 bits per heavy atom. The van der Waals surface area contributed by atoms with Crippen molar-refractivity contribution in [2.24, 2.45) is 5.41 Å². The molecule has 3 aliphatic rings. The van der Waals surface area contributed by atoms with Crippen molar-refractivity contribution in [2.45, 2.75) is 82.8 Å². The monoisotopic (exact) mass is 553 g/mol. The van der Waals surface area contributed by atoms with Crippen molar-refractivity contribution in [3.05, 3.63) is 54.1 Å². The highest BCUT2D eigenvalue weighted by molar-refractivity contribution is 5.97. The number of likely N-dealkylation sites (tertiary alicyclic amines) is 1. The number of unbranched alkanes of at least 4 members (excludes halogenated alkanes) is 1. The highest BCUT2D eigenvalue weighted by Crippen LogP contribution is 2.41. The summed E-state index contributed by atoms with van der Waals surface area (Å²) >= 11 is 0. The Hall–Kier alpha value is -2.25. The van der Waals surface area contributed by atoms with Gasteiger partial charge in [-0.05, 0) is 60.6 Å². The first-order valence-electron chi connectivity index (χ1n) is 14.5. The van der Waals surface area contributed by atoms with E-state index in [0.29, 0.717) is 30.8 Å². The van der Waals surface area contributed by atoms with Gasteiger partial charge in [-0.1, -0.05) is 50.1 Å². The maximum Gasteiger partial charge on any atom is 0.139 e. The zero-order valence-electron chi connectivity index (χ0n) is 23.2. The zero-order chi connectivity index (χ0) is 26.6. The van der Waals surface area contributed by atoms with E-state index in [1.807, 2.05) is 18.2 Å². The van der Waals surface area contributed by atoms with Crippen LogP contribution in [0.2, 0.25) is 0 Å². The van der Waals surface area contributed by atoms with Gasteiger partial charge in [0, 0.05) is 69.0 Å². The number of hydrogen-bond donors (Lipinski definition) is 3. The lowest BCUT2D eigenvalue weighted by Gasteiger charge is -2.48. The molecule has 0 aromatic heterocycles. The van der Waals surface area contributed by atoms with Gasteiger partial charge in [0.2, 0.25) is 0 Å². The third kappa shape index (κ3) is 7.10. The summed E-state index contributed by atoms with van der Waals surface area (Å²) in [4.78, 5) is 27.9. The van der Waals surface area contributed by atoms with Crippen molar-refractivity contribution >= 4 is 24.0 Å². The number of nitrogens with zero attached hydrogens (tertiary/aromatic N) is 1. The fourth-order valence-corrected chi connectivity index (χ4v) is 6.83. The van der Waals surface area contributed by atoms with Crippen LogP contribution in [0.1, 0.15) is 70.3 Å². The molecule has 3 fully saturated rings. The minimum Gasteiger partial charge on any atom is -0.508 e. The van der Waals surface area contributed by atoms with Gasteiger partial charge >= 0.3 is 0 Å². The highest BCUT2D eigenvalue weighted by atomic mass is 35.5. The minimum absolute atomic E-state index is 0. The number of rotatable bonds is 8. The SMILES string of the molecule is CCCC[C@]1(CC2CNC3(CCN(Cc4cccc(-c5cccc(O)c5)c4)CC3)CN2)CC(=O)CCC1=O.Cl. The number of ketones is 2. The van der Waals surface area contributed by atoms with Crippen LogP contribution < -0.4 is 10.6 Å². The largest absolute Gasteiger partial charge is 0.508 e. The van der Waals surface area contributed by atoms with E-state index in [-0.39, 0.29) is 29.8 Å². The van der Waals surface area contributed by atoms with Crippen molar-refractivity contribution in [1.29, 1.82) is 0 Å². The lowest BCUT2D eigenvalue weighted by molar-refractivity contribution is -0.140. The van der Waals surface area contributed by atoms with E-state index in [1.165, 1.54) is 5.56 Å². The van der Waals surface area contributed by atoms with Crippen molar-refractivity contribution in [3.8, 4) is 16.9 Å². The molecule has 3 N–H and O–H groups in total. The molecular formula is C32H44ClN3O3. The predicted octanol–water partition coefficient (Wildman–Crippen LogP) is 5.27. The normalized spacial score (nSPS) is 25.4. The zero-order valence-corrected chi connectivity index (χ0v) is 24.0. The molecule has 0 radical (unpaired) electrons. The lowest BCUT2D eigenvalue weighted by Crippen LogP contribution is -2.66. The number of phenolic OH excluding ortho intramolecular Hbond substituents is 1. The molecule has 1 aliphatic carbocycles. The smallest absolute Gasteiger partial charge is 0.139 e. The molecule has 2 aromatic carbocycles. The van der Waals surface area contributed by atoms with Gasteiger partial charge in [-0.3, -0.25) is 14.5 Å². The maximum atomic E-state index is 13.0. The number of Topliss-reactive ketones (excluding diaryl/α,β-unsaturated/α-hetero) is 2. The second kappa shape index (κ2) is 12.9. The topological polar surface area (TPSA) is 81.7 Å². The predicted molar refractivity (Wildman–Crippen MR) is 158 cm³/mol. The average Bonchev–Trinajstić information content (AvgIpc) is 2.93. The van der Waals surface area contributed by atoms with Crippen molar-refractivity contribution < 1.29 is 14.7 Å². The molecule has 39 heavy (non-hydrogen) atoms. The van der Waals surface area contributed by atoms with E-state index in [4.69, 9.17) is 0 Å². The van der Waals surface area contributed by atoms with E-state index in [2.05, 4.69) is 46.7 Å². The molecule has 0 bridgehead atoms. The standard InChI is InChI=1S/C32H43N3O3.ClH/c1-2-3-12-31(20-29(37)10-11-30(31)38)19-27-21-34-32(23-33-27)13-15-35(16-14-32)22-24-6-4-7-25(17-24)26-8-5-9-28(36)18-26;/h4-9,17-18,27,33-34,36H,2-3,10-16,19-23H2,1H3;1H/t27?,31-;/m0./s1. The molecule has 5 rings (SSSR count). The van der Waals surface area contributed by atoms with Gasteiger partial charge in [0.25, 0.3) is 0 Å². The number of aromatic hydroxyl groups is 1. The molecule has 212 valence electrons. The van der Waals surface area contributed by atoms with Gasteiger partial charge in [-0.25, -0.2) is 0 Å². The van der Waals surface area contributed by atoms with Crippen LogP contribution in [0.25, 0.3) is 11.1 Å². The van der Waals surface area contributed by atoms with Crippen LogP contribution in [0.3, 0.4) is 0 Å². The number of hydrogen-bond acceptors (Lipinski definition) is 6. The Morgan fingerprint density at radius 1 is 1.03 bits per heavy atom. The van der Waals surface area contributed by atoms with Crippen LogP contribution in [0.5, 0.6) is 5.75 Å². The van der Waals surface area contributed by atoms with Crippen LogP contribution in [-0.2, 0) is 16.1 Å². The van der Waals surface area contributed by atoms with E-state index < -0.39 is 5.41 Å². The first-order chi connectivity index (χ1) is 18.4. The van der Waals surface area contributed by atoms with Gasteiger partial charge < -0.3 is 15.7 Å². The third-order valence-corrected chi connectivity index (χ3v) is 9.18. The molecule has 1 unspecified atom stereocenters. The van der Waals surface area contributed by atoms with Gasteiger partial charge in [-0.15, -0.1) is 12.4 Å². The summed E-state index contributed by atoms with van der Waals surface area (Å²) < 4.78 is 0. The molecule has 2 saturated heterocycles. The molecule has 0 amide bonds. The first-order valence-corrected chi connectivity index (χ1v) is 14.5. The Morgan fingerprint density at radius 2 is 1.77 bits per heavy atom. The number of piperidine rings is 1. The summed E-state index contributed by atoms with van der Waals surface area (Å²) in [7, 11) is 0. The number of phenols is 1. The van der Waals surface area contributed by atoms with E-state index in [1.54, 1.807) is 6.07 Å². The van der Waals surface area contributed by atoms with Crippen LogP contribution in [0.15, 0.2) is 48.5 Å². The van der Waals surface area contributed by atoms with Crippen LogP contribution in [-0.4, -0.2) is 59.3 Å². The minimum atomic E-state index is -0.453. The molecule has 1 spiro atoms. The molecule has 2 atom stereocenters. The summed E-state index contributed by atoms with van der Waals surface area (Å²) in [6.45, 7) is 6.96. The summed E-state index contributed by atoms with van der Waals surface area (Å²) in [5, 5.41) is 17.5. The number of carbonyl (C=O) groups is 2. The second-order valence-electron chi connectivity index (χ2n) is 12.0. The molecule has 2 heterocycles. The molecule has 7 heteroatoms. The van der Waals surface area contributed by atoms with Crippen LogP contribution in [0.4, 0.5) is 0 Å². The average molecular weight is 554 g/mol. The Kier molecular flexibility index (Phi) is 9.87. The fourth-order valence-electron chi connectivity index (χ4n) is 6.83. The highest BCUT2D eigenvalue weighted by Gasteiger charge is 2.45. The summed E-state index contributed by atoms with van der Waals surface area (Å²) in [5.74, 6) is 0.870. The molecule has 2 aliphatic heterocycles. The molecular weight excluding hydrogens is 510 g/mol. The Balaban J connectivity index is 0.00000353. The first kappa shape index (κ1) is 29.7. The van der Waals surface area contributed by atoms with Crippen molar-refractivity contribution in [1.82, 2.24) is 15.5 Å². The second-order valence-corrected chi connectivity index (χ2v) is 12.0. The van der Waals surface area contributed by atoms with Gasteiger partial charge in [0.15, 0.2) is 0 Å². The number of halogens is 1. The summed E-state index contributed by atoms with van der Waals surface area (Å²) in [6.07, 6.45) is 7.18. The van der Waals surface area contributed by atoms with Crippen molar-refractivity contribution in [2.75, 3.05) is 26.2 Å². The van der Waals surface area contributed by atoms with Gasteiger partial charge in [0.1, 0.15) is 17.3 Å². The van der Waals surface area contributed by atoms with Crippen molar-refractivity contribution in [3.63, 3.8) is 0 Å². The number of nitrogens with one attached hydrogen (secondary N) is 2. The van der Waals surface area contributed by atoms with E-state index >= 15 is 0 Å². The number of benzene rings is 2. The van der Waals surface area contributed by atoms with Crippen LogP contribution in [0, 0.1) is 5.41 Å². The van der Waals surface area contributed by atoms with E-state index in [9.17, 15) is 14.7 Å². The Labute approximate surface area is 239 Å². The van der Waals surface area contributed by atoms with Gasteiger partial charge in [0.05, 0.1) is 0 Å². The van der Waals surface area contributed by atoms with Crippen LogP contribution >= 0.6 is 12.4 Å².